The van der Waals surface area contributed by atoms with E-state index >= 15 is 0 Å². The van der Waals surface area contributed by atoms with Gasteiger partial charge in [0.2, 0.25) is 11.8 Å². The minimum Gasteiger partial charge on any atom is -0.455 e. The van der Waals surface area contributed by atoms with Crippen molar-refractivity contribution in [3.63, 3.8) is 0 Å². The second-order valence-electron chi connectivity index (χ2n) is 6.19. The summed E-state index contributed by atoms with van der Waals surface area (Å²) in [7, 11) is 0. The lowest BCUT2D eigenvalue weighted by Gasteiger charge is -2.23. The molecule has 0 saturated heterocycles. The molecule has 0 aliphatic rings. The number of anilines is 2. The van der Waals surface area contributed by atoms with Crippen LogP contribution in [0.3, 0.4) is 0 Å². The van der Waals surface area contributed by atoms with Crippen molar-refractivity contribution in [3.05, 3.63) is 84.4 Å². The van der Waals surface area contributed by atoms with Crippen LogP contribution in [0.1, 0.15) is 12.5 Å². The molecule has 0 heterocycles. The van der Waals surface area contributed by atoms with Crippen molar-refractivity contribution >= 4 is 23.2 Å². The molecule has 0 fully saturated rings. The predicted molar refractivity (Wildman–Crippen MR) is 111 cm³/mol. The summed E-state index contributed by atoms with van der Waals surface area (Å²) < 4.78 is 5.91. The van der Waals surface area contributed by atoms with Crippen molar-refractivity contribution in [3.8, 4) is 17.6 Å². The molecule has 1 N–H and O–H groups in total. The second-order valence-corrected chi connectivity index (χ2v) is 6.19. The SMILES string of the molecule is CC(=O)N(CC(=O)Nc1ccccc1C#N)c1ccccc1Oc1ccccc1. The molecule has 29 heavy (non-hydrogen) atoms. The molecule has 0 aliphatic carbocycles. The Morgan fingerprint density at radius 1 is 0.966 bits per heavy atom. The number of para-hydroxylation sites is 4. The van der Waals surface area contributed by atoms with Crippen LogP contribution in [0.25, 0.3) is 0 Å². The number of benzene rings is 3. The van der Waals surface area contributed by atoms with E-state index in [0.29, 0.717) is 28.4 Å². The molecule has 144 valence electrons. The zero-order valence-electron chi connectivity index (χ0n) is 15.8. The Balaban J connectivity index is 1.83. The Hall–Kier alpha value is -4.11. The summed E-state index contributed by atoms with van der Waals surface area (Å²) in [4.78, 5) is 26.2. The quantitative estimate of drug-likeness (QED) is 0.684. The number of nitrogens with one attached hydrogen (secondary N) is 1. The molecule has 0 bridgehead atoms. The van der Waals surface area contributed by atoms with Crippen molar-refractivity contribution < 1.29 is 14.3 Å². The van der Waals surface area contributed by atoms with Crippen molar-refractivity contribution in [2.45, 2.75) is 6.92 Å². The maximum Gasteiger partial charge on any atom is 0.244 e. The summed E-state index contributed by atoms with van der Waals surface area (Å²) >= 11 is 0. The number of carbonyl (C=O) groups is 2. The van der Waals surface area contributed by atoms with Gasteiger partial charge in [0.25, 0.3) is 0 Å². The third-order valence-corrected chi connectivity index (χ3v) is 4.13. The fourth-order valence-corrected chi connectivity index (χ4v) is 2.77. The Kier molecular flexibility index (Phi) is 6.23. The number of ether oxygens (including phenoxy) is 1. The normalized spacial score (nSPS) is 9.93. The van der Waals surface area contributed by atoms with Crippen LogP contribution in [0.15, 0.2) is 78.9 Å². The number of carbonyl (C=O) groups excluding carboxylic acids is 2. The topological polar surface area (TPSA) is 82.4 Å². The van der Waals surface area contributed by atoms with Crippen LogP contribution in [-0.4, -0.2) is 18.4 Å². The van der Waals surface area contributed by atoms with Gasteiger partial charge in [-0.3, -0.25) is 14.5 Å². The molecule has 3 aromatic rings. The van der Waals surface area contributed by atoms with Crippen molar-refractivity contribution in [2.24, 2.45) is 0 Å². The summed E-state index contributed by atoms with van der Waals surface area (Å²) in [6.45, 7) is 1.17. The van der Waals surface area contributed by atoms with Gasteiger partial charge >= 0.3 is 0 Å². The smallest absolute Gasteiger partial charge is 0.244 e. The molecule has 0 saturated carbocycles. The van der Waals surface area contributed by atoms with Crippen LogP contribution in [0.4, 0.5) is 11.4 Å². The molecule has 0 spiro atoms. The Labute approximate surface area is 169 Å². The maximum atomic E-state index is 12.6. The monoisotopic (exact) mass is 385 g/mol. The van der Waals surface area contributed by atoms with Gasteiger partial charge in [-0.15, -0.1) is 0 Å². The lowest BCUT2D eigenvalue weighted by atomic mass is 10.2. The largest absolute Gasteiger partial charge is 0.455 e. The molecule has 3 rings (SSSR count). The number of amides is 2. The van der Waals surface area contributed by atoms with Gasteiger partial charge in [0.1, 0.15) is 18.4 Å². The van der Waals surface area contributed by atoms with Gasteiger partial charge in [0.15, 0.2) is 5.75 Å². The van der Waals surface area contributed by atoms with E-state index in [1.54, 1.807) is 60.7 Å². The molecule has 6 heteroatoms. The molecular formula is C23H19N3O3. The molecule has 0 aromatic heterocycles. The minimum atomic E-state index is -0.419. The highest BCUT2D eigenvalue weighted by molar-refractivity contribution is 6.03. The average Bonchev–Trinajstić information content (AvgIpc) is 2.73. The van der Waals surface area contributed by atoms with Gasteiger partial charge in [-0.2, -0.15) is 5.26 Å². The molecule has 0 unspecified atom stereocenters. The Morgan fingerprint density at radius 3 is 2.34 bits per heavy atom. The number of nitriles is 1. The molecule has 6 nitrogen and oxygen atoms in total. The molecular weight excluding hydrogens is 366 g/mol. The summed E-state index contributed by atoms with van der Waals surface area (Å²) in [5, 5.41) is 11.9. The van der Waals surface area contributed by atoms with Gasteiger partial charge in [-0.1, -0.05) is 42.5 Å². The lowest BCUT2D eigenvalue weighted by molar-refractivity contribution is -0.120. The number of hydrogen-bond acceptors (Lipinski definition) is 4. The second kappa shape index (κ2) is 9.20. The van der Waals surface area contributed by atoms with Gasteiger partial charge in [0, 0.05) is 6.92 Å². The van der Waals surface area contributed by atoms with Crippen LogP contribution in [0, 0.1) is 11.3 Å². The first-order chi connectivity index (χ1) is 14.1. The molecule has 0 aliphatic heterocycles. The van der Waals surface area contributed by atoms with Crippen molar-refractivity contribution in [1.82, 2.24) is 0 Å². The third-order valence-electron chi connectivity index (χ3n) is 4.13. The van der Waals surface area contributed by atoms with Crippen molar-refractivity contribution in [2.75, 3.05) is 16.8 Å². The van der Waals surface area contributed by atoms with Gasteiger partial charge < -0.3 is 10.1 Å². The average molecular weight is 385 g/mol. The fraction of sp³-hybridized carbons (Fsp3) is 0.0870. The zero-order valence-corrected chi connectivity index (χ0v) is 15.8. The summed E-state index contributed by atoms with van der Waals surface area (Å²) in [6, 6.07) is 24.9. The van der Waals surface area contributed by atoms with Crippen LogP contribution >= 0.6 is 0 Å². The van der Waals surface area contributed by atoms with E-state index in [-0.39, 0.29) is 12.5 Å². The Bertz CT molecular complexity index is 1060. The first kappa shape index (κ1) is 19.6. The first-order valence-corrected chi connectivity index (χ1v) is 8.97. The van der Waals surface area contributed by atoms with Crippen LogP contribution in [0.2, 0.25) is 0 Å². The summed E-state index contributed by atoms with van der Waals surface area (Å²) in [5.41, 5.74) is 1.23. The van der Waals surface area contributed by atoms with E-state index < -0.39 is 5.91 Å². The van der Waals surface area contributed by atoms with Gasteiger partial charge in [-0.25, -0.2) is 0 Å². The summed E-state index contributed by atoms with van der Waals surface area (Å²) in [6.07, 6.45) is 0. The van der Waals surface area contributed by atoms with E-state index in [0.717, 1.165) is 0 Å². The minimum absolute atomic E-state index is 0.218. The standard InChI is InChI=1S/C23H19N3O3/c1-17(27)26(16-23(28)25-20-12-6-5-9-18(20)15-24)21-13-7-8-14-22(21)29-19-10-3-2-4-11-19/h2-14H,16H2,1H3,(H,25,28). The Morgan fingerprint density at radius 2 is 1.62 bits per heavy atom. The van der Waals surface area contributed by atoms with Crippen molar-refractivity contribution in [1.29, 1.82) is 5.26 Å². The molecule has 2 amide bonds. The maximum absolute atomic E-state index is 12.6. The number of nitrogens with zero attached hydrogens (tertiary/aromatic N) is 2. The van der Waals surface area contributed by atoms with Gasteiger partial charge in [0.05, 0.1) is 16.9 Å². The van der Waals surface area contributed by atoms with E-state index in [2.05, 4.69) is 5.32 Å². The van der Waals surface area contributed by atoms with Crippen LogP contribution in [0.5, 0.6) is 11.5 Å². The van der Waals surface area contributed by atoms with E-state index in [1.807, 2.05) is 24.3 Å². The number of hydrogen-bond donors (Lipinski definition) is 1. The zero-order chi connectivity index (χ0) is 20.6. The van der Waals surface area contributed by atoms with Crippen LogP contribution < -0.4 is 15.0 Å². The fourth-order valence-electron chi connectivity index (χ4n) is 2.77. The van der Waals surface area contributed by atoms with Gasteiger partial charge in [-0.05, 0) is 36.4 Å². The number of rotatable bonds is 6. The van der Waals surface area contributed by atoms with E-state index in [4.69, 9.17) is 4.74 Å². The molecule has 0 atom stereocenters. The molecule has 0 radical (unpaired) electrons. The molecule has 3 aromatic carbocycles. The highest BCUT2D eigenvalue weighted by Crippen LogP contribution is 2.32. The van der Waals surface area contributed by atoms with E-state index in [1.165, 1.54) is 11.8 Å². The lowest BCUT2D eigenvalue weighted by Crippen LogP contribution is -2.37. The van der Waals surface area contributed by atoms with E-state index in [9.17, 15) is 14.9 Å². The van der Waals surface area contributed by atoms with Crippen LogP contribution in [-0.2, 0) is 9.59 Å². The summed E-state index contributed by atoms with van der Waals surface area (Å²) in [5.74, 6) is 0.352. The third kappa shape index (κ3) is 4.99. The highest BCUT2D eigenvalue weighted by atomic mass is 16.5. The predicted octanol–water partition coefficient (Wildman–Crippen LogP) is 4.34. The first-order valence-electron chi connectivity index (χ1n) is 8.97. The highest BCUT2D eigenvalue weighted by Gasteiger charge is 2.20.